The average Bonchev–Trinajstić information content (AvgIpc) is 2.47. The Balaban J connectivity index is 2.39. The van der Waals surface area contributed by atoms with Gasteiger partial charge in [-0.25, -0.2) is 0 Å². The number of rotatable bonds is 0. The molecule has 0 fully saturated rings. The molecule has 0 N–H and O–H groups in total. The summed E-state index contributed by atoms with van der Waals surface area (Å²) in [5.41, 5.74) is 2.68. The van der Waals surface area contributed by atoms with Gasteiger partial charge in [-0.15, -0.1) is 0 Å². The van der Waals surface area contributed by atoms with E-state index in [0.29, 0.717) is 0 Å². The van der Waals surface area contributed by atoms with Crippen LogP contribution in [0.5, 0.6) is 0 Å². The van der Waals surface area contributed by atoms with Gasteiger partial charge in [-0.05, 0) is 45.8 Å². The molecular formula is C14H12BrClSi. The van der Waals surface area contributed by atoms with Crippen LogP contribution in [-0.2, 0) is 0 Å². The zero-order valence-electron chi connectivity index (χ0n) is 9.72. The molecule has 86 valence electrons. The Hall–Kier alpha value is -0.573. The van der Waals surface area contributed by atoms with Gasteiger partial charge in [0.15, 0.2) is 0 Å². The molecule has 0 spiro atoms. The lowest BCUT2D eigenvalue weighted by atomic mass is 10.1. The number of benzene rings is 2. The summed E-state index contributed by atoms with van der Waals surface area (Å²) in [7, 11) is -1.51. The molecule has 0 nitrogen and oxygen atoms in total. The van der Waals surface area contributed by atoms with Gasteiger partial charge in [0.1, 0.15) is 8.07 Å². The second kappa shape index (κ2) is 3.71. The van der Waals surface area contributed by atoms with Crippen molar-refractivity contribution in [2.45, 2.75) is 13.1 Å². The molecule has 1 aliphatic rings. The quantitative estimate of drug-likeness (QED) is 0.645. The largest absolute Gasteiger partial charge is 0.113 e. The van der Waals surface area contributed by atoms with Crippen LogP contribution in [0.2, 0.25) is 18.1 Å². The summed E-state index contributed by atoms with van der Waals surface area (Å²) in [5, 5.41) is 3.83. The zero-order chi connectivity index (χ0) is 12.2. The van der Waals surface area contributed by atoms with E-state index < -0.39 is 8.07 Å². The number of fused-ring (bicyclic) bond motifs is 3. The van der Waals surface area contributed by atoms with E-state index >= 15 is 0 Å². The third-order valence-electron chi connectivity index (χ3n) is 3.60. The van der Waals surface area contributed by atoms with Crippen LogP contribution in [0.25, 0.3) is 11.1 Å². The third-order valence-corrected chi connectivity index (χ3v) is 7.89. The van der Waals surface area contributed by atoms with Crippen molar-refractivity contribution in [3.05, 3.63) is 45.9 Å². The van der Waals surface area contributed by atoms with Gasteiger partial charge in [-0.2, -0.15) is 0 Å². The predicted molar refractivity (Wildman–Crippen MR) is 81.3 cm³/mol. The van der Waals surface area contributed by atoms with E-state index in [-0.39, 0.29) is 0 Å². The number of hydrogen-bond donors (Lipinski definition) is 0. The van der Waals surface area contributed by atoms with Gasteiger partial charge < -0.3 is 0 Å². The fourth-order valence-electron chi connectivity index (χ4n) is 2.71. The molecule has 1 heterocycles. The minimum Gasteiger partial charge on any atom is -0.0843 e. The van der Waals surface area contributed by atoms with Gasteiger partial charge in [0.2, 0.25) is 0 Å². The molecule has 0 amide bonds. The fraction of sp³-hybridized carbons (Fsp3) is 0.143. The first kappa shape index (κ1) is 11.5. The van der Waals surface area contributed by atoms with Crippen molar-refractivity contribution in [1.29, 1.82) is 0 Å². The van der Waals surface area contributed by atoms with Crippen molar-refractivity contribution < 1.29 is 0 Å². The van der Waals surface area contributed by atoms with E-state index in [1.54, 1.807) is 0 Å². The molecule has 0 bridgehead atoms. The van der Waals surface area contributed by atoms with Crippen LogP contribution in [0.1, 0.15) is 0 Å². The topological polar surface area (TPSA) is 0 Å². The highest BCUT2D eigenvalue weighted by Gasteiger charge is 2.37. The Kier molecular flexibility index (Phi) is 2.51. The Morgan fingerprint density at radius 1 is 0.941 bits per heavy atom. The SMILES string of the molecule is C[Si]1(C)c2ccc(Cl)cc2-c2cc(Br)ccc21. The Morgan fingerprint density at radius 3 is 2.24 bits per heavy atom. The summed E-state index contributed by atoms with van der Waals surface area (Å²) < 4.78 is 1.13. The average molecular weight is 324 g/mol. The van der Waals surface area contributed by atoms with Gasteiger partial charge in [0.25, 0.3) is 0 Å². The first-order valence-electron chi connectivity index (χ1n) is 5.60. The Morgan fingerprint density at radius 2 is 1.53 bits per heavy atom. The summed E-state index contributed by atoms with van der Waals surface area (Å²) in [4.78, 5) is 0. The molecule has 0 unspecified atom stereocenters. The molecule has 17 heavy (non-hydrogen) atoms. The van der Waals surface area contributed by atoms with Crippen LogP contribution in [0, 0.1) is 0 Å². The van der Waals surface area contributed by atoms with E-state index in [0.717, 1.165) is 9.50 Å². The van der Waals surface area contributed by atoms with Crippen LogP contribution in [0.15, 0.2) is 40.9 Å². The minimum absolute atomic E-state index is 0.821. The highest BCUT2D eigenvalue weighted by molar-refractivity contribution is 9.10. The predicted octanol–water partition coefficient (Wildman–Crippen LogP) is 3.91. The number of halogens is 2. The van der Waals surface area contributed by atoms with Crippen molar-refractivity contribution >= 4 is 46.0 Å². The van der Waals surface area contributed by atoms with Crippen LogP contribution in [0.3, 0.4) is 0 Å². The van der Waals surface area contributed by atoms with E-state index in [1.807, 2.05) is 6.07 Å². The molecular weight excluding hydrogens is 312 g/mol. The van der Waals surface area contributed by atoms with Gasteiger partial charge in [0.05, 0.1) is 0 Å². The fourth-order valence-corrected chi connectivity index (χ4v) is 6.30. The third kappa shape index (κ3) is 1.62. The summed E-state index contributed by atoms with van der Waals surface area (Å²) >= 11 is 9.68. The Labute approximate surface area is 116 Å². The van der Waals surface area contributed by atoms with Crippen LogP contribution in [-0.4, -0.2) is 8.07 Å². The first-order valence-corrected chi connectivity index (χ1v) is 9.77. The molecule has 3 rings (SSSR count). The molecule has 0 radical (unpaired) electrons. The lowest BCUT2D eigenvalue weighted by Crippen LogP contribution is -2.49. The first-order chi connectivity index (χ1) is 8.00. The van der Waals surface area contributed by atoms with Crippen molar-refractivity contribution in [3.8, 4) is 11.1 Å². The molecule has 0 saturated carbocycles. The second-order valence-corrected chi connectivity index (χ2v) is 10.7. The molecule has 2 aromatic carbocycles. The van der Waals surface area contributed by atoms with Gasteiger partial charge in [-0.1, -0.05) is 52.8 Å². The maximum absolute atomic E-state index is 6.13. The monoisotopic (exact) mass is 322 g/mol. The highest BCUT2D eigenvalue weighted by atomic mass is 79.9. The minimum atomic E-state index is -1.51. The van der Waals surface area contributed by atoms with Crippen molar-refractivity contribution in [2.24, 2.45) is 0 Å². The van der Waals surface area contributed by atoms with E-state index in [1.165, 1.54) is 21.5 Å². The van der Waals surface area contributed by atoms with Crippen LogP contribution < -0.4 is 10.4 Å². The zero-order valence-corrected chi connectivity index (χ0v) is 13.1. The van der Waals surface area contributed by atoms with E-state index in [9.17, 15) is 0 Å². The second-order valence-electron chi connectivity index (χ2n) is 5.00. The van der Waals surface area contributed by atoms with Gasteiger partial charge >= 0.3 is 0 Å². The summed E-state index contributed by atoms with van der Waals surface area (Å²) in [6.07, 6.45) is 0. The Bertz CT molecular complexity index is 566. The normalized spacial score (nSPS) is 15.5. The molecule has 0 saturated heterocycles. The summed E-state index contributed by atoms with van der Waals surface area (Å²) in [5.74, 6) is 0. The maximum atomic E-state index is 6.13. The van der Waals surface area contributed by atoms with Crippen molar-refractivity contribution in [3.63, 3.8) is 0 Å². The van der Waals surface area contributed by atoms with Gasteiger partial charge in [0, 0.05) is 9.50 Å². The summed E-state index contributed by atoms with van der Waals surface area (Å²) in [6.45, 7) is 4.80. The smallest absolute Gasteiger partial charge is 0.0843 e. The summed E-state index contributed by atoms with van der Waals surface area (Å²) in [6, 6.07) is 12.9. The van der Waals surface area contributed by atoms with Crippen LogP contribution >= 0.6 is 27.5 Å². The van der Waals surface area contributed by atoms with Crippen LogP contribution in [0.4, 0.5) is 0 Å². The number of hydrogen-bond acceptors (Lipinski definition) is 0. The van der Waals surface area contributed by atoms with E-state index in [4.69, 9.17) is 11.6 Å². The van der Waals surface area contributed by atoms with Gasteiger partial charge in [-0.3, -0.25) is 0 Å². The molecule has 0 aliphatic carbocycles. The van der Waals surface area contributed by atoms with Crippen molar-refractivity contribution in [2.75, 3.05) is 0 Å². The van der Waals surface area contributed by atoms with Crippen molar-refractivity contribution in [1.82, 2.24) is 0 Å². The molecule has 1 aliphatic heterocycles. The molecule has 2 aromatic rings. The maximum Gasteiger partial charge on any atom is 0.113 e. The standard InChI is InChI=1S/C14H12BrClSi/c1-17(2)13-5-3-9(15)7-11(13)12-8-10(16)4-6-14(12)17/h3-8H,1-2H3. The lowest BCUT2D eigenvalue weighted by Gasteiger charge is -2.18. The molecule has 0 atom stereocenters. The molecule has 3 heteroatoms. The highest BCUT2D eigenvalue weighted by Crippen LogP contribution is 2.31. The van der Waals surface area contributed by atoms with E-state index in [2.05, 4.69) is 59.4 Å². The lowest BCUT2D eigenvalue weighted by molar-refractivity contribution is 1.66. The molecule has 0 aromatic heterocycles.